The molecule has 5 aromatic rings. The zero-order valence-corrected chi connectivity index (χ0v) is 18.6. The van der Waals surface area contributed by atoms with Gasteiger partial charge in [0.15, 0.2) is 5.82 Å². The summed E-state index contributed by atoms with van der Waals surface area (Å²) in [5, 5.41) is 18.2. The Kier molecular flexibility index (Phi) is 5.51. The second-order valence-electron chi connectivity index (χ2n) is 7.82. The minimum Gasteiger partial charge on any atom is -0.383 e. The summed E-state index contributed by atoms with van der Waals surface area (Å²) in [5.41, 5.74) is 6.67. The number of nitriles is 1. The molecule has 1 unspecified atom stereocenters. The average molecular weight is 512 g/mol. The highest BCUT2D eigenvalue weighted by Crippen LogP contribution is 2.39. The number of nitrogen functional groups attached to an aromatic ring is 1. The topological polar surface area (TPSA) is 137 Å². The van der Waals surface area contributed by atoms with Crippen LogP contribution in [0.5, 0.6) is 0 Å². The summed E-state index contributed by atoms with van der Waals surface area (Å²) in [6.07, 6.45) is -0.336. The summed E-state index contributed by atoms with van der Waals surface area (Å²) in [7, 11) is 0. The molecule has 186 valence electrons. The molecular formula is C22H13F5N10. The number of rotatable bonds is 4. The van der Waals surface area contributed by atoms with Gasteiger partial charge in [-0.3, -0.25) is 0 Å². The second kappa shape index (κ2) is 8.59. The van der Waals surface area contributed by atoms with Gasteiger partial charge in [0.2, 0.25) is 5.82 Å². The molecular weight excluding hydrogens is 499 g/mol. The summed E-state index contributed by atoms with van der Waals surface area (Å²) in [6, 6.07) is 4.25. The van der Waals surface area contributed by atoms with E-state index < -0.39 is 29.7 Å². The van der Waals surface area contributed by atoms with Crippen LogP contribution in [0.1, 0.15) is 30.2 Å². The van der Waals surface area contributed by atoms with E-state index in [1.807, 2.05) is 6.07 Å². The van der Waals surface area contributed by atoms with Crippen LogP contribution in [0.15, 0.2) is 43.1 Å². The van der Waals surface area contributed by atoms with E-state index in [1.165, 1.54) is 23.2 Å². The molecule has 0 fully saturated rings. The van der Waals surface area contributed by atoms with Gasteiger partial charge < -0.3 is 10.3 Å². The van der Waals surface area contributed by atoms with Crippen molar-refractivity contribution >= 4 is 16.9 Å². The molecule has 4 aromatic heterocycles. The van der Waals surface area contributed by atoms with Crippen LogP contribution in [-0.2, 0) is 6.18 Å². The van der Waals surface area contributed by atoms with E-state index in [0.717, 1.165) is 23.1 Å². The van der Waals surface area contributed by atoms with E-state index in [0.29, 0.717) is 6.07 Å². The third-order valence-corrected chi connectivity index (χ3v) is 5.60. The number of benzene rings is 1. The average Bonchev–Trinajstić information content (AvgIpc) is 3.47. The highest BCUT2D eigenvalue weighted by atomic mass is 19.4. The number of hydrogen-bond acceptors (Lipinski definition) is 8. The molecule has 0 aliphatic carbocycles. The number of hydrogen-bond donors (Lipinski definition) is 1. The Balaban J connectivity index is 1.67. The van der Waals surface area contributed by atoms with Crippen molar-refractivity contribution in [2.75, 3.05) is 5.73 Å². The van der Waals surface area contributed by atoms with Gasteiger partial charge in [-0.1, -0.05) is 5.21 Å². The molecule has 0 aliphatic rings. The first-order valence-electron chi connectivity index (χ1n) is 10.4. The van der Waals surface area contributed by atoms with E-state index in [-0.39, 0.29) is 45.1 Å². The van der Waals surface area contributed by atoms with Crippen molar-refractivity contribution in [1.29, 1.82) is 5.26 Å². The lowest BCUT2D eigenvalue weighted by Crippen LogP contribution is -2.11. The Morgan fingerprint density at radius 3 is 2.46 bits per heavy atom. The van der Waals surface area contributed by atoms with Gasteiger partial charge in [0.05, 0.1) is 17.6 Å². The van der Waals surface area contributed by atoms with Gasteiger partial charge in [-0.2, -0.15) is 18.4 Å². The van der Waals surface area contributed by atoms with Gasteiger partial charge in [-0.15, -0.1) is 5.10 Å². The standard InChI is InChI=1S/C22H13F5N10/c1-10(14-8-36(35-34-14)15-3-2-12(23)4-13(15)24)37-16(5-28)17(18-19(29)32-9-33-20(18)37)11-6-30-21(31-7-11)22(25,26)27/h2-4,6-10H,1H3,(H2,29,32,33). The van der Waals surface area contributed by atoms with E-state index in [9.17, 15) is 27.2 Å². The van der Waals surface area contributed by atoms with E-state index >= 15 is 0 Å². The van der Waals surface area contributed by atoms with Crippen LogP contribution >= 0.6 is 0 Å². The normalized spacial score (nSPS) is 12.6. The fraction of sp³-hybridized carbons (Fsp3) is 0.136. The molecule has 2 N–H and O–H groups in total. The SMILES string of the molecule is CC(c1cn(-c2ccc(F)cc2F)nn1)n1c(C#N)c(-c2cnc(C(F)(F)F)nc2)c2c(N)ncnc21. The minimum atomic E-state index is -4.75. The van der Waals surface area contributed by atoms with Gasteiger partial charge in [0.1, 0.15) is 46.8 Å². The van der Waals surface area contributed by atoms with Crippen molar-refractivity contribution in [1.82, 2.24) is 39.5 Å². The molecule has 0 radical (unpaired) electrons. The quantitative estimate of drug-likeness (QED) is 0.359. The maximum absolute atomic E-state index is 14.2. The monoisotopic (exact) mass is 512 g/mol. The molecule has 0 bridgehead atoms. The number of anilines is 1. The molecule has 0 spiro atoms. The maximum atomic E-state index is 14.2. The lowest BCUT2D eigenvalue weighted by atomic mass is 10.1. The van der Waals surface area contributed by atoms with Crippen molar-refractivity contribution in [3.05, 3.63) is 72.0 Å². The molecule has 0 saturated heterocycles. The molecule has 5 rings (SSSR count). The molecule has 1 aromatic carbocycles. The van der Waals surface area contributed by atoms with Crippen LogP contribution in [0, 0.1) is 23.0 Å². The Labute approximate surface area is 203 Å². The van der Waals surface area contributed by atoms with E-state index in [2.05, 4.69) is 30.2 Å². The minimum absolute atomic E-state index is 0.0272. The molecule has 1 atom stereocenters. The first-order valence-corrected chi connectivity index (χ1v) is 10.4. The number of alkyl halides is 3. The first-order chi connectivity index (χ1) is 17.6. The molecule has 37 heavy (non-hydrogen) atoms. The lowest BCUT2D eigenvalue weighted by molar-refractivity contribution is -0.144. The summed E-state index contributed by atoms with van der Waals surface area (Å²) in [4.78, 5) is 14.9. The molecule has 0 aliphatic heterocycles. The maximum Gasteiger partial charge on any atom is 0.451 e. The predicted octanol–water partition coefficient (Wildman–Crippen LogP) is 3.83. The van der Waals surface area contributed by atoms with Crippen LogP contribution in [0.25, 0.3) is 27.8 Å². The van der Waals surface area contributed by atoms with Gasteiger partial charge in [0.25, 0.3) is 0 Å². The molecule has 0 saturated carbocycles. The van der Waals surface area contributed by atoms with Gasteiger partial charge in [0, 0.05) is 29.6 Å². The Hall–Kier alpha value is -5.00. The predicted molar refractivity (Wildman–Crippen MR) is 118 cm³/mol. The van der Waals surface area contributed by atoms with Crippen LogP contribution in [0.4, 0.5) is 27.8 Å². The molecule has 4 heterocycles. The Morgan fingerprint density at radius 2 is 1.81 bits per heavy atom. The zero-order valence-electron chi connectivity index (χ0n) is 18.6. The van der Waals surface area contributed by atoms with Crippen LogP contribution in [-0.4, -0.2) is 39.5 Å². The van der Waals surface area contributed by atoms with Crippen molar-refractivity contribution in [3.63, 3.8) is 0 Å². The number of nitrogens with zero attached hydrogens (tertiary/aromatic N) is 9. The summed E-state index contributed by atoms with van der Waals surface area (Å²) >= 11 is 0. The van der Waals surface area contributed by atoms with E-state index in [1.54, 1.807) is 6.92 Å². The first kappa shape index (κ1) is 23.7. The number of aromatic nitrogens is 8. The highest BCUT2D eigenvalue weighted by Gasteiger charge is 2.35. The Morgan fingerprint density at radius 1 is 1.08 bits per heavy atom. The van der Waals surface area contributed by atoms with Crippen molar-refractivity contribution in [3.8, 4) is 22.9 Å². The van der Waals surface area contributed by atoms with Crippen molar-refractivity contribution in [2.24, 2.45) is 0 Å². The number of nitrogens with two attached hydrogens (primary N) is 1. The van der Waals surface area contributed by atoms with Crippen LogP contribution < -0.4 is 5.73 Å². The van der Waals surface area contributed by atoms with Crippen molar-refractivity contribution < 1.29 is 22.0 Å². The van der Waals surface area contributed by atoms with Crippen LogP contribution in [0.3, 0.4) is 0 Å². The largest absolute Gasteiger partial charge is 0.451 e. The Bertz CT molecular complexity index is 1680. The summed E-state index contributed by atoms with van der Waals surface area (Å²) < 4.78 is 69.0. The molecule has 10 nitrogen and oxygen atoms in total. The van der Waals surface area contributed by atoms with Gasteiger partial charge in [-0.05, 0) is 19.1 Å². The fourth-order valence-electron chi connectivity index (χ4n) is 3.91. The highest BCUT2D eigenvalue weighted by molar-refractivity contribution is 6.03. The zero-order chi connectivity index (χ0) is 26.5. The lowest BCUT2D eigenvalue weighted by Gasteiger charge is -2.13. The second-order valence-corrected chi connectivity index (χ2v) is 7.82. The number of fused-ring (bicyclic) bond motifs is 1. The smallest absolute Gasteiger partial charge is 0.383 e. The third-order valence-electron chi connectivity index (χ3n) is 5.60. The van der Waals surface area contributed by atoms with Gasteiger partial charge >= 0.3 is 6.18 Å². The molecule has 15 heteroatoms. The van der Waals surface area contributed by atoms with E-state index in [4.69, 9.17) is 5.73 Å². The summed E-state index contributed by atoms with van der Waals surface area (Å²) in [5.74, 6) is -3.00. The summed E-state index contributed by atoms with van der Waals surface area (Å²) in [6.45, 7) is 1.65. The fourth-order valence-corrected chi connectivity index (χ4v) is 3.91. The van der Waals surface area contributed by atoms with Crippen LogP contribution in [0.2, 0.25) is 0 Å². The van der Waals surface area contributed by atoms with Gasteiger partial charge in [-0.25, -0.2) is 33.4 Å². The third kappa shape index (κ3) is 3.97. The molecule has 0 amide bonds. The number of halogens is 5. The van der Waals surface area contributed by atoms with Crippen molar-refractivity contribution in [2.45, 2.75) is 19.1 Å².